The van der Waals surface area contributed by atoms with E-state index in [-0.39, 0.29) is 17.8 Å². The maximum Gasteiger partial charge on any atom is 0.410 e. The number of rotatable bonds is 5. The van der Waals surface area contributed by atoms with Gasteiger partial charge in [0.2, 0.25) is 0 Å². The summed E-state index contributed by atoms with van der Waals surface area (Å²) in [5, 5.41) is 17.3. The first-order valence-corrected chi connectivity index (χ1v) is 12.7. The van der Waals surface area contributed by atoms with Crippen molar-refractivity contribution in [2.75, 3.05) is 42.9 Å². The molecule has 14 nitrogen and oxygen atoms in total. The van der Waals surface area contributed by atoms with Gasteiger partial charge < -0.3 is 30.5 Å². The molecule has 2 unspecified atom stereocenters. The summed E-state index contributed by atoms with van der Waals surface area (Å²) in [7, 11) is 1.80. The van der Waals surface area contributed by atoms with Crippen molar-refractivity contribution in [2.24, 2.45) is 12.8 Å². The normalized spacial score (nSPS) is 21.8. The van der Waals surface area contributed by atoms with E-state index < -0.39 is 23.5 Å². The second-order valence-electron chi connectivity index (χ2n) is 11.2. The summed E-state index contributed by atoms with van der Waals surface area (Å²) in [6.45, 7) is 7.80. The van der Waals surface area contributed by atoms with Crippen LogP contribution in [0.15, 0.2) is 18.6 Å². The first kappa shape index (κ1) is 26.0. The molecule has 2 aromatic heterocycles. The van der Waals surface area contributed by atoms with Crippen molar-refractivity contribution in [1.29, 1.82) is 0 Å². The van der Waals surface area contributed by atoms with Crippen molar-refractivity contribution in [3.8, 4) is 0 Å². The summed E-state index contributed by atoms with van der Waals surface area (Å²) in [4.78, 5) is 39.7. The molecule has 2 amide bonds. The van der Waals surface area contributed by atoms with Crippen molar-refractivity contribution in [1.82, 2.24) is 29.5 Å². The Morgan fingerprint density at radius 2 is 2.08 bits per heavy atom. The molecule has 206 valence electrons. The molecule has 1 spiro atoms. The zero-order chi connectivity index (χ0) is 27.2. The number of nitrogens with zero attached hydrogens (tertiary/aromatic N) is 7. The molecule has 5 rings (SSSR count). The van der Waals surface area contributed by atoms with Crippen LogP contribution in [0.5, 0.6) is 0 Å². The van der Waals surface area contributed by atoms with E-state index in [1.165, 1.54) is 0 Å². The molecule has 14 heteroatoms. The number of anilines is 3. The summed E-state index contributed by atoms with van der Waals surface area (Å²) in [6.07, 6.45) is 4.59. The number of nitrogens with two attached hydrogens (primary N) is 1. The van der Waals surface area contributed by atoms with E-state index in [4.69, 9.17) is 20.2 Å². The minimum atomic E-state index is -1.30. The molecule has 0 radical (unpaired) electrons. The second-order valence-corrected chi connectivity index (χ2v) is 11.2. The SMILES string of the molecule is Cn1cc(Nc2nc(N3CCCC(N4CC5(CN(C(=O)OC(C)(C)C)C5)OC4=O)C3)cnc2C(N)O)cn1. The number of ether oxygens (including phenoxy) is 2. The monoisotopic (exact) mass is 529 g/mol. The molecule has 3 saturated heterocycles. The lowest BCUT2D eigenvalue weighted by Crippen LogP contribution is -2.66. The Balaban J connectivity index is 1.26. The van der Waals surface area contributed by atoms with Gasteiger partial charge >= 0.3 is 12.2 Å². The van der Waals surface area contributed by atoms with Gasteiger partial charge in [0.05, 0.1) is 43.8 Å². The van der Waals surface area contributed by atoms with Gasteiger partial charge in [0.1, 0.15) is 23.3 Å². The minimum Gasteiger partial charge on any atom is -0.444 e. The molecular formula is C24H35N9O5. The summed E-state index contributed by atoms with van der Waals surface area (Å²) in [5.74, 6) is 0.941. The standard InChI is InChI=1S/C24H35N9O5/c1-23(2,3)37-21(35)32-12-24(13-32)14-33(22(36)38-24)16-6-5-7-31(11-16)17-9-26-18(19(25)34)20(29-17)28-15-8-27-30(4)10-15/h8-10,16,19,34H,5-7,11-14,25H2,1-4H3,(H,28,29). The Labute approximate surface area is 220 Å². The van der Waals surface area contributed by atoms with Crippen LogP contribution in [0, 0.1) is 0 Å². The van der Waals surface area contributed by atoms with Gasteiger partial charge in [-0.15, -0.1) is 0 Å². The highest BCUT2D eigenvalue weighted by Crippen LogP contribution is 2.36. The number of hydrogen-bond donors (Lipinski definition) is 3. The van der Waals surface area contributed by atoms with Crippen molar-refractivity contribution < 1.29 is 24.2 Å². The number of aliphatic hydroxyl groups is 1. The Morgan fingerprint density at radius 1 is 1.32 bits per heavy atom. The largest absolute Gasteiger partial charge is 0.444 e. The third-order valence-corrected chi connectivity index (χ3v) is 6.80. The Kier molecular flexibility index (Phi) is 6.55. The molecule has 4 N–H and O–H groups in total. The lowest BCUT2D eigenvalue weighted by molar-refractivity contribution is -0.0789. The minimum absolute atomic E-state index is 0.0810. The molecule has 0 aliphatic carbocycles. The van der Waals surface area contributed by atoms with Crippen LogP contribution in [0.2, 0.25) is 0 Å². The maximum absolute atomic E-state index is 12.9. The molecule has 2 aromatic rings. The molecule has 38 heavy (non-hydrogen) atoms. The zero-order valence-corrected chi connectivity index (χ0v) is 22.1. The van der Waals surface area contributed by atoms with Gasteiger partial charge in [-0.25, -0.2) is 19.6 Å². The highest BCUT2D eigenvalue weighted by atomic mass is 16.6. The van der Waals surface area contributed by atoms with E-state index in [0.717, 1.165) is 19.4 Å². The Bertz CT molecular complexity index is 1200. The fourth-order valence-corrected chi connectivity index (χ4v) is 5.09. The summed E-state index contributed by atoms with van der Waals surface area (Å²) < 4.78 is 12.8. The van der Waals surface area contributed by atoms with Crippen molar-refractivity contribution in [3.63, 3.8) is 0 Å². The first-order valence-electron chi connectivity index (χ1n) is 12.7. The lowest BCUT2D eigenvalue weighted by Gasteiger charge is -2.45. The van der Waals surface area contributed by atoms with Crippen LogP contribution in [-0.2, 0) is 16.5 Å². The van der Waals surface area contributed by atoms with E-state index in [9.17, 15) is 14.7 Å². The third-order valence-electron chi connectivity index (χ3n) is 6.80. The topological polar surface area (TPSA) is 164 Å². The van der Waals surface area contributed by atoms with Crippen molar-refractivity contribution in [3.05, 3.63) is 24.3 Å². The molecule has 0 saturated carbocycles. The maximum atomic E-state index is 12.9. The second kappa shape index (κ2) is 9.58. The van der Waals surface area contributed by atoms with Crippen molar-refractivity contribution in [2.45, 2.75) is 57.1 Å². The molecule has 3 aliphatic rings. The first-order chi connectivity index (χ1) is 17.9. The number of piperidine rings is 1. The molecular weight excluding hydrogens is 494 g/mol. The van der Waals surface area contributed by atoms with E-state index in [2.05, 4.69) is 20.3 Å². The predicted molar refractivity (Wildman–Crippen MR) is 137 cm³/mol. The summed E-state index contributed by atoms with van der Waals surface area (Å²) in [5.41, 5.74) is 5.33. The van der Waals surface area contributed by atoms with Crippen LogP contribution < -0.4 is 16.0 Å². The fraction of sp³-hybridized carbons (Fsp3) is 0.625. The number of likely N-dealkylation sites (tertiary alicyclic amines) is 1. The number of carbonyl (C=O) groups is 2. The van der Waals surface area contributed by atoms with Crippen LogP contribution in [0.3, 0.4) is 0 Å². The van der Waals surface area contributed by atoms with E-state index in [1.54, 1.807) is 40.1 Å². The number of aliphatic hydroxyl groups excluding tert-OH is 1. The Hall–Kier alpha value is -3.65. The van der Waals surface area contributed by atoms with Gasteiger partial charge in [-0.2, -0.15) is 5.10 Å². The predicted octanol–water partition coefficient (Wildman–Crippen LogP) is 1.31. The molecule has 5 heterocycles. The number of carbonyl (C=O) groups excluding carboxylic acids is 2. The lowest BCUT2D eigenvalue weighted by atomic mass is 9.93. The van der Waals surface area contributed by atoms with Crippen molar-refractivity contribution >= 4 is 29.5 Å². The smallest absolute Gasteiger partial charge is 0.410 e. The molecule has 0 aromatic carbocycles. The average Bonchev–Trinajstić information content (AvgIpc) is 3.39. The van der Waals surface area contributed by atoms with Crippen LogP contribution in [0.25, 0.3) is 0 Å². The highest BCUT2D eigenvalue weighted by Gasteiger charge is 2.57. The van der Waals surface area contributed by atoms with E-state index in [0.29, 0.717) is 43.5 Å². The zero-order valence-electron chi connectivity index (χ0n) is 22.1. The molecule has 3 aliphatic heterocycles. The van der Waals surface area contributed by atoms with Crippen LogP contribution in [0.1, 0.15) is 45.5 Å². The van der Waals surface area contributed by atoms with Gasteiger partial charge in [0.25, 0.3) is 0 Å². The van der Waals surface area contributed by atoms with Gasteiger partial charge in [-0.05, 0) is 33.6 Å². The van der Waals surface area contributed by atoms with E-state index >= 15 is 0 Å². The summed E-state index contributed by atoms with van der Waals surface area (Å²) in [6, 6.07) is -0.0810. The highest BCUT2D eigenvalue weighted by molar-refractivity contribution is 5.74. The third kappa shape index (κ3) is 5.31. The fourth-order valence-electron chi connectivity index (χ4n) is 5.09. The number of hydrogen-bond acceptors (Lipinski definition) is 11. The van der Waals surface area contributed by atoms with E-state index in [1.807, 2.05) is 20.8 Å². The average molecular weight is 530 g/mol. The van der Waals surface area contributed by atoms with Gasteiger partial charge in [0, 0.05) is 26.3 Å². The van der Waals surface area contributed by atoms with Gasteiger partial charge in [-0.3, -0.25) is 14.5 Å². The quantitative estimate of drug-likeness (QED) is 0.478. The van der Waals surface area contributed by atoms with Crippen LogP contribution >= 0.6 is 0 Å². The van der Waals surface area contributed by atoms with Crippen LogP contribution in [0.4, 0.5) is 26.9 Å². The van der Waals surface area contributed by atoms with Gasteiger partial charge in [0.15, 0.2) is 11.4 Å². The number of nitrogens with one attached hydrogen (secondary N) is 1. The number of aromatic nitrogens is 4. The molecule has 3 fully saturated rings. The van der Waals surface area contributed by atoms with Gasteiger partial charge in [-0.1, -0.05) is 0 Å². The number of amides is 2. The molecule has 2 atom stereocenters. The number of aryl methyl sites for hydroxylation is 1. The van der Waals surface area contributed by atoms with Crippen LogP contribution in [-0.4, -0.2) is 96.8 Å². The molecule has 0 bridgehead atoms. The summed E-state index contributed by atoms with van der Waals surface area (Å²) >= 11 is 0. The Morgan fingerprint density at radius 3 is 2.74 bits per heavy atom.